The van der Waals surface area contributed by atoms with Crippen LogP contribution >= 0.6 is 0 Å². The van der Waals surface area contributed by atoms with Crippen molar-refractivity contribution in [3.05, 3.63) is 59.2 Å². The zero-order valence-corrected chi connectivity index (χ0v) is 14.7. The highest BCUT2D eigenvalue weighted by Crippen LogP contribution is 2.29. The minimum Gasteiger partial charge on any atom is -0.493 e. The Morgan fingerprint density at radius 3 is 2.25 bits per heavy atom. The van der Waals surface area contributed by atoms with Gasteiger partial charge < -0.3 is 14.2 Å². The zero-order chi connectivity index (χ0) is 20.3. The first-order valence-electron chi connectivity index (χ1n) is 8.17. The molecule has 1 heterocycles. The SMILES string of the molecule is COc1cc(C(=O)OCCN2C(=O)c3ccccc3C2=O)ccc1OC(F)F. The van der Waals surface area contributed by atoms with Gasteiger partial charge in [0.05, 0.1) is 30.3 Å². The number of fused-ring (bicyclic) bond motifs is 1. The molecule has 9 heteroatoms. The summed E-state index contributed by atoms with van der Waals surface area (Å²) in [6.07, 6.45) is 0. The van der Waals surface area contributed by atoms with Crippen molar-refractivity contribution in [2.45, 2.75) is 6.61 Å². The summed E-state index contributed by atoms with van der Waals surface area (Å²) in [5, 5.41) is 0. The Morgan fingerprint density at radius 1 is 1.04 bits per heavy atom. The minimum atomic E-state index is -3.04. The lowest BCUT2D eigenvalue weighted by Crippen LogP contribution is -2.33. The molecule has 0 spiro atoms. The van der Waals surface area contributed by atoms with Gasteiger partial charge >= 0.3 is 12.6 Å². The smallest absolute Gasteiger partial charge is 0.387 e. The van der Waals surface area contributed by atoms with Gasteiger partial charge in [0.15, 0.2) is 11.5 Å². The van der Waals surface area contributed by atoms with Gasteiger partial charge in [-0.3, -0.25) is 14.5 Å². The predicted molar refractivity (Wildman–Crippen MR) is 91.7 cm³/mol. The van der Waals surface area contributed by atoms with Crippen LogP contribution < -0.4 is 9.47 Å². The van der Waals surface area contributed by atoms with Gasteiger partial charge in [-0.1, -0.05) is 12.1 Å². The van der Waals surface area contributed by atoms with Crippen LogP contribution in [-0.4, -0.2) is 49.6 Å². The maximum atomic E-state index is 12.3. The van der Waals surface area contributed by atoms with E-state index in [2.05, 4.69) is 4.74 Å². The van der Waals surface area contributed by atoms with Crippen molar-refractivity contribution >= 4 is 17.8 Å². The summed E-state index contributed by atoms with van der Waals surface area (Å²) in [5.41, 5.74) is 0.650. The maximum absolute atomic E-state index is 12.3. The molecule has 2 aromatic carbocycles. The van der Waals surface area contributed by atoms with Crippen molar-refractivity contribution in [3.8, 4) is 11.5 Å². The number of imide groups is 1. The van der Waals surface area contributed by atoms with Gasteiger partial charge in [0.25, 0.3) is 11.8 Å². The van der Waals surface area contributed by atoms with E-state index >= 15 is 0 Å². The first-order chi connectivity index (χ1) is 13.4. The zero-order valence-electron chi connectivity index (χ0n) is 14.7. The summed E-state index contributed by atoms with van der Waals surface area (Å²) < 4.78 is 39.0. The molecule has 146 valence electrons. The molecule has 2 amide bonds. The number of ether oxygens (including phenoxy) is 3. The molecule has 3 rings (SSSR count). The van der Waals surface area contributed by atoms with E-state index in [4.69, 9.17) is 9.47 Å². The van der Waals surface area contributed by atoms with Gasteiger partial charge in [-0.05, 0) is 30.3 Å². The van der Waals surface area contributed by atoms with Crippen LogP contribution in [0.1, 0.15) is 31.1 Å². The molecule has 0 radical (unpaired) electrons. The normalized spacial score (nSPS) is 12.9. The van der Waals surface area contributed by atoms with Crippen LogP contribution in [0.5, 0.6) is 11.5 Å². The summed E-state index contributed by atoms with van der Waals surface area (Å²) in [5.74, 6) is -1.95. The lowest BCUT2D eigenvalue weighted by atomic mass is 10.1. The van der Waals surface area contributed by atoms with Crippen LogP contribution in [0.2, 0.25) is 0 Å². The number of rotatable bonds is 7. The molecule has 0 saturated carbocycles. The first kappa shape index (κ1) is 19.3. The largest absolute Gasteiger partial charge is 0.493 e. The molecular formula is C19H15F2NO6. The van der Waals surface area contributed by atoms with Gasteiger partial charge in [0.1, 0.15) is 6.61 Å². The second-order valence-electron chi connectivity index (χ2n) is 5.69. The molecule has 0 saturated heterocycles. The summed E-state index contributed by atoms with van der Waals surface area (Å²) in [7, 11) is 1.24. The van der Waals surface area contributed by atoms with Crippen molar-refractivity contribution in [2.75, 3.05) is 20.3 Å². The molecule has 7 nitrogen and oxygen atoms in total. The molecule has 0 aliphatic carbocycles. The fourth-order valence-corrected chi connectivity index (χ4v) is 2.74. The van der Waals surface area contributed by atoms with Gasteiger partial charge in [-0.2, -0.15) is 8.78 Å². The summed E-state index contributed by atoms with van der Waals surface area (Å²) in [6, 6.07) is 10.0. The number of hydrogen-bond acceptors (Lipinski definition) is 6. The number of methoxy groups -OCH3 is 1. The Balaban J connectivity index is 1.61. The lowest BCUT2D eigenvalue weighted by molar-refractivity contribution is -0.0512. The second kappa shape index (κ2) is 8.03. The Hall–Kier alpha value is -3.49. The van der Waals surface area contributed by atoms with Crippen molar-refractivity contribution < 1.29 is 37.4 Å². The van der Waals surface area contributed by atoms with Crippen LogP contribution in [0.15, 0.2) is 42.5 Å². The Bertz CT molecular complexity index is 895. The molecule has 2 aromatic rings. The Labute approximate surface area is 158 Å². The minimum absolute atomic E-state index is 0.0424. The average Bonchev–Trinajstić information content (AvgIpc) is 2.93. The van der Waals surface area contributed by atoms with Gasteiger partial charge in [-0.25, -0.2) is 4.79 Å². The number of carbonyl (C=O) groups is 3. The van der Waals surface area contributed by atoms with Gasteiger partial charge in [0.2, 0.25) is 0 Å². The van der Waals surface area contributed by atoms with Crippen LogP contribution in [0.25, 0.3) is 0 Å². The number of halogens is 2. The van der Waals surface area contributed by atoms with Crippen LogP contribution in [-0.2, 0) is 4.74 Å². The van der Waals surface area contributed by atoms with E-state index in [0.29, 0.717) is 11.1 Å². The molecule has 28 heavy (non-hydrogen) atoms. The van der Waals surface area contributed by atoms with Gasteiger partial charge in [0, 0.05) is 0 Å². The number of benzene rings is 2. The Kier molecular flexibility index (Phi) is 5.53. The number of amides is 2. The highest BCUT2D eigenvalue weighted by molar-refractivity contribution is 6.21. The monoisotopic (exact) mass is 391 g/mol. The highest BCUT2D eigenvalue weighted by Gasteiger charge is 2.34. The maximum Gasteiger partial charge on any atom is 0.387 e. The second-order valence-corrected chi connectivity index (χ2v) is 5.69. The quantitative estimate of drug-likeness (QED) is 0.533. The van der Waals surface area contributed by atoms with E-state index in [-0.39, 0.29) is 30.2 Å². The highest BCUT2D eigenvalue weighted by atomic mass is 19.3. The first-order valence-corrected chi connectivity index (χ1v) is 8.17. The third-order valence-corrected chi connectivity index (χ3v) is 4.04. The molecule has 0 unspecified atom stereocenters. The molecule has 0 aromatic heterocycles. The standard InChI is InChI=1S/C19H15F2NO6/c1-26-15-10-11(6-7-14(15)28-19(20)21)18(25)27-9-8-22-16(23)12-4-2-3-5-13(12)17(22)24/h2-7,10,19H,8-9H2,1H3. The van der Waals surface area contributed by atoms with Crippen LogP contribution in [0, 0.1) is 0 Å². The third-order valence-electron chi connectivity index (χ3n) is 4.04. The average molecular weight is 391 g/mol. The number of hydrogen-bond donors (Lipinski definition) is 0. The molecule has 1 aliphatic rings. The van der Waals surface area contributed by atoms with E-state index in [9.17, 15) is 23.2 Å². The van der Waals surface area contributed by atoms with E-state index in [1.807, 2.05) is 0 Å². The van der Waals surface area contributed by atoms with Crippen LogP contribution in [0.3, 0.4) is 0 Å². The fraction of sp³-hybridized carbons (Fsp3) is 0.211. The van der Waals surface area contributed by atoms with Crippen LogP contribution in [0.4, 0.5) is 8.78 Å². The summed E-state index contributed by atoms with van der Waals surface area (Å²) in [4.78, 5) is 37.6. The van der Waals surface area contributed by atoms with E-state index in [1.54, 1.807) is 24.3 Å². The van der Waals surface area contributed by atoms with E-state index in [1.165, 1.54) is 19.2 Å². The topological polar surface area (TPSA) is 82.1 Å². The van der Waals surface area contributed by atoms with E-state index < -0.39 is 24.4 Å². The number of esters is 1. The fourth-order valence-electron chi connectivity index (χ4n) is 2.74. The van der Waals surface area contributed by atoms with Crippen molar-refractivity contribution in [1.29, 1.82) is 0 Å². The molecule has 0 N–H and O–H groups in total. The molecule has 0 bridgehead atoms. The molecule has 1 aliphatic heterocycles. The molecular weight excluding hydrogens is 376 g/mol. The third kappa shape index (κ3) is 3.78. The van der Waals surface area contributed by atoms with Gasteiger partial charge in [-0.15, -0.1) is 0 Å². The summed E-state index contributed by atoms with van der Waals surface area (Å²) in [6.45, 7) is -3.37. The van der Waals surface area contributed by atoms with E-state index in [0.717, 1.165) is 11.0 Å². The Morgan fingerprint density at radius 2 is 1.68 bits per heavy atom. The van der Waals surface area contributed by atoms with Crippen molar-refractivity contribution in [3.63, 3.8) is 0 Å². The molecule has 0 fully saturated rings. The summed E-state index contributed by atoms with van der Waals surface area (Å²) >= 11 is 0. The molecule has 0 atom stereocenters. The lowest BCUT2D eigenvalue weighted by Gasteiger charge is -2.14. The predicted octanol–water partition coefficient (Wildman–Crippen LogP) is 2.75. The van der Waals surface area contributed by atoms with Crippen molar-refractivity contribution in [2.24, 2.45) is 0 Å². The number of carbonyl (C=O) groups excluding carboxylic acids is 3. The number of nitrogens with zero attached hydrogens (tertiary/aromatic N) is 1. The number of alkyl halides is 2. The van der Waals surface area contributed by atoms with Crippen molar-refractivity contribution in [1.82, 2.24) is 4.90 Å².